The molecule has 7 nitrogen and oxygen atoms in total. The van der Waals surface area contributed by atoms with Crippen molar-refractivity contribution in [2.75, 3.05) is 40.4 Å². The Labute approximate surface area is 348 Å². The number of ether oxygens (including phenoxy) is 2. The molecule has 0 amide bonds. The van der Waals surface area contributed by atoms with Crippen LogP contribution in [0.1, 0.15) is 144 Å². The molecule has 4 aliphatic carbocycles. The first-order chi connectivity index (χ1) is 27.8. The highest BCUT2D eigenvalue weighted by Gasteiger charge is 2.36. The van der Waals surface area contributed by atoms with E-state index in [-0.39, 0.29) is 14.5 Å². The van der Waals surface area contributed by atoms with Crippen LogP contribution >= 0.6 is 0 Å². The molecule has 0 radical (unpaired) electrons. The van der Waals surface area contributed by atoms with E-state index in [1.807, 2.05) is 13.9 Å². The summed E-state index contributed by atoms with van der Waals surface area (Å²) >= 11 is 0. The molecule has 4 heterocycles. The van der Waals surface area contributed by atoms with Gasteiger partial charge < -0.3 is 24.6 Å². The van der Waals surface area contributed by atoms with Gasteiger partial charge in [-0.05, 0) is 198 Å². The zero-order chi connectivity index (χ0) is 39.2. The van der Waals surface area contributed by atoms with Gasteiger partial charge in [-0.25, -0.2) is 0 Å². The van der Waals surface area contributed by atoms with Crippen LogP contribution in [0.4, 0.5) is 0 Å². The molecule has 2 aliphatic heterocycles. The van der Waals surface area contributed by atoms with Gasteiger partial charge in [0.15, 0.2) is 0 Å². The second-order valence-corrected chi connectivity index (χ2v) is 17.9. The molecule has 1 atom stereocenters. The first kappa shape index (κ1) is 40.8. The number of fused-ring (bicyclic) bond motifs is 4. The van der Waals surface area contributed by atoms with Gasteiger partial charge in [0.2, 0.25) is 0 Å². The minimum Gasteiger partial charge on any atom is -0.496 e. The van der Waals surface area contributed by atoms with E-state index < -0.39 is 0 Å². The number of hydrogen-bond acceptors (Lipinski definition) is 7. The Kier molecular flexibility index (Phi) is 12.2. The topological polar surface area (TPSA) is 79.7 Å². The van der Waals surface area contributed by atoms with Crippen LogP contribution in [0.2, 0.25) is 6.82 Å². The molecule has 8 heteroatoms. The van der Waals surface area contributed by atoms with Crippen LogP contribution in [-0.2, 0) is 25.7 Å². The Morgan fingerprint density at radius 1 is 0.690 bits per heavy atom. The van der Waals surface area contributed by atoms with E-state index in [4.69, 9.17) is 19.4 Å². The number of nitrogens with zero attached hydrogens (tertiary/aromatic N) is 3. The average Bonchev–Trinajstić information content (AvgIpc) is 4.14. The van der Waals surface area contributed by atoms with Gasteiger partial charge >= 0.3 is 7.05 Å². The van der Waals surface area contributed by atoms with Crippen LogP contribution in [-0.4, -0.2) is 67.3 Å². The lowest BCUT2D eigenvalue weighted by Crippen LogP contribution is -2.41. The molecule has 2 saturated heterocycles. The number of rotatable bonds is 6. The van der Waals surface area contributed by atoms with E-state index in [1.54, 1.807) is 7.11 Å². The quantitative estimate of drug-likeness (QED) is 0.189. The standard InChI is InChI=1S/C25H31BN2O2.C24H30N2O.CH4/c1-16-12-19-6-7-20-14-21(17-4-5-17)15-27-25(20)24(23(19)22(13-16)30-3)18-8-10-28(11-9-18)26(2)29;1-15-11-18-5-6-19-13-20(16-3-4-16)14-26-24(19)23(17-7-9-25-10-8-17)22(18)21(12-15)27-2;/h12-15,17,29H,4-11H2,1-3H3;11-14,16-17,23,25H,3-10H2,1-2H3;1H4. The van der Waals surface area contributed by atoms with Crippen molar-refractivity contribution in [1.82, 2.24) is 20.1 Å². The van der Waals surface area contributed by atoms with E-state index in [0.29, 0.717) is 11.8 Å². The zero-order valence-corrected chi connectivity index (χ0v) is 34.9. The molecule has 4 fully saturated rings. The van der Waals surface area contributed by atoms with E-state index in [2.05, 4.69) is 72.8 Å². The van der Waals surface area contributed by atoms with Gasteiger partial charge in [0.25, 0.3) is 0 Å². The minimum absolute atomic E-state index is 0. The summed E-state index contributed by atoms with van der Waals surface area (Å²) in [5.41, 5.74) is 19.0. The highest BCUT2D eigenvalue weighted by atomic mass is 16.5. The second kappa shape index (κ2) is 17.3. The molecule has 0 bridgehead atoms. The molecule has 1 unspecified atom stereocenters. The zero-order valence-electron chi connectivity index (χ0n) is 34.9. The molecule has 58 heavy (non-hydrogen) atoms. The Balaban J connectivity index is 0.000000160. The third-order valence-corrected chi connectivity index (χ3v) is 13.8. The lowest BCUT2D eigenvalue weighted by atomic mass is 9.76. The third kappa shape index (κ3) is 8.26. The number of aryl methyl sites for hydroxylation is 6. The van der Waals surface area contributed by atoms with E-state index in [9.17, 15) is 5.02 Å². The summed E-state index contributed by atoms with van der Waals surface area (Å²) in [6.45, 7) is 10.2. The number of hydrogen-bond donors (Lipinski definition) is 2. The molecule has 306 valence electrons. The summed E-state index contributed by atoms with van der Waals surface area (Å²) in [6.07, 6.45) is 18.2. The maximum atomic E-state index is 10.0. The SMILES string of the molecule is C.COc1cc(C)cc2c1C(=C1CCN(B(C)O)CC1)c1ncc(C3CC3)cc1CC2.COc1cc(C)cc2c1C(C1CCNCC1)c1ncc(C3CC3)cc1CC2. The fourth-order valence-electron chi connectivity index (χ4n) is 10.5. The predicted octanol–water partition coefficient (Wildman–Crippen LogP) is 9.52. The van der Waals surface area contributed by atoms with Crippen LogP contribution in [0.25, 0.3) is 5.57 Å². The van der Waals surface area contributed by atoms with Gasteiger partial charge in [0.1, 0.15) is 11.5 Å². The Hall–Kier alpha value is -3.98. The second-order valence-electron chi connectivity index (χ2n) is 17.9. The first-order valence-electron chi connectivity index (χ1n) is 22.0. The number of benzene rings is 2. The lowest BCUT2D eigenvalue weighted by Gasteiger charge is -2.33. The van der Waals surface area contributed by atoms with Crippen LogP contribution in [0.5, 0.6) is 11.5 Å². The fraction of sp³-hybridized carbons (Fsp3) is 0.520. The average molecular weight is 781 g/mol. The normalized spacial score (nSPS) is 20.5. The van der Waals surface area contributed by atoms with Crippen molar-refractivity contribution in [3.8, 4) is 11.5 Å². The van der Waals surface area contributed by atoms with Crippen molar-refractivity contribution in [2.24, 2.45) is 5.92 Å². The van der Waals surface area contributed by atoms with E-state index in [0.717, 1.165) is 93.7 Å². The Morgan fingerprint density at radius 3 is 1.90 bits per heavy atom. The predicted molar refractivity (Wildman–Crippen MR) is 238 cm³/mol. The molecule has 2 N–H and O–H groups in total. The number of pyridine rings is 2. The van der Waals surface area contributed by atoms with Crippen molar-refractivity contribution in [3.05, 3.63) is 121 Å². The fourth-order valence-corrected chi connectivity index (χ4v) is 10.5. The van der Waals surface area contributed by atoms with Crippen molar-refractivity contribution >= 4 is 12.6 Å². The molecule has 4 aromatic rings. The summed E-state index contributed by atoms with van der Waals surface area (Å²) in [5.74, 6) is 4.51. The van der Waals surface area contributed by atoms with Gasteiger partial charge in [-0.2, -0.15) is 0 Å². The van der Waals surface area contributed by atoms with Gasteiger partial charge in [0, 0.05) is 35.0 Å². The maximum Gasteiger partial charge on any atom is 0.376 e. The number of piperidine rings is 2. The molecular formula is C50H65BN4O3. The van der Waals surface area contributed by atoms with Gasteiger partial charge in [-0.15, -0.1) is 0 Å². The van der Waals surface area contributed by atoms with E-state index >= 15 is 0 Å². The summed E-state index contributed by atoms with van der Waals surface area (Å²) in [4.78, 5) is 12.3. The smallest absolute Gasteiger partial charge is 0.376 e. The summed E-state index contributed by atoms with van der Waals surface area (Å²) in [7, 11) is 3.22. The minimum atomic E-state index is -0.387. The highest BCUT2D eigenvalue weighted by molar-refractivity contribution is 6.45. The maximum absolute atomic E-state index is 10.0. The summed E-state index contributed by atoms with van der Waals surface area (Å²) < 4.78 is 11.8. The largest absolute Gasteiger partial charge is 0.496 e. The summed E-state index contributed by atoms with van der Waals surface area (Å²) in [5, 5.41) is 13.5. The third-order valence-electron chi connectivity index (χ3n) is 13.8. The number of nitrogens with one attached hydrogen (secondary N) is 1. The van der Waals surface area contributed by atoms with Crippen LogP contribution < -0.4 is 14.8 Å². The molecule has 2 aromatic heterocycles. The van der Waals surface area contributed by atoms with Crippen LogP contribution in [0, 0.1) is 19.8 Å². The highest BCUT2D eigenvalue weighted by Crippen LogP contribution is 2.48. The Morgan fingerprint density at radius 2 is 1.26 bits per heavy atom. The van der Waals surface area contributed by atoms with Gasteiger partial charge in [-0.1, -0.05) is 37.3 Å². The van der Waals surface area contributed by atoms with E-state index in [1.165, 1.54) is 111 Å². The Bertz CT molecular complexity index is 2160. The van der Waals surface area contributed by atoms with Crippen molar-refractivity contribution in [3.63, 3.8) is 0 Å². The molecular weight excluding hydrogens is 715 g/mol. The van der Waals surface area contributed by atoms with Gasteiger partial charge in [0.05, 0.1) is 25.6 Å². The van der Waals surface area contributed by atoms with Crippen molar-refractivity contribution < 1.29 is 14.5 Å². The van der Waals surface area contributed by atoms with Crippen LogP contribution in [0.3, 0.4) is 0 Å². The molecule has 0 spiro atoms. The molecule has 2 aromatic carbocycles. The molecule has 6 aliphatic rings. The van der Waals surface area contributed by atoms with Crippen LogP contribution in [0.15, 0.2) is 54.4 Å². The number of aromatic nitrogens is 2. The van der Waals surface area contributed by atoms with Crippen molar-refractivity contribution in [2.45, 2.75) is 123 Å². The number of methoxy groups -OCH3 is 2. The molecule has 2 saturated carbocycles. The summed E-state index contributed by atoms with van der Waals surface area (Å²) in [6, 6.07) is 14.0. The van der Waals surface area contributed by atoms with Crippen molar-refractivity contribution in [1.29, 1.82) is 0 Å². The molecule has 10 rings (SSSR count). The lowest BCUT2D eigenvalue weighted by molar-refractivity contribution is 0.329. The first-order valence-corrected chi connectivity index (χ1v) is 22.0. The van der Waals surface area contributed by atoms with Gasteiger partial charge in [-0.3, -0.25) is 9.97 Å². The monoisotopic (exact) mass is 781 g/mol.